The number of nitrogens with one attached hydrogen (secondary N) is 1. The van der Waals surface area contributed by atoms with E-state index in [0.29, 0.717) is 6.42 Å². The van der Waals surface area contributed by atoms with Crippen LogP contribution in [0, 0.1) is 5.41 Å². The van der Waals surface area contributed by atoms with Crippen LogP contribution in [-0.2, 0) is 12.8 Å². The van der Waals surface area contributed by atoms with E-state index < -0.39 is 0 Å². The van der Waals surface area contributed by atoms with E-state index in [4.69, 9.17) is 0 Å². The van der Waals surface area contributed by atoms with Gasteiger partial charge in [0.05, 0.1) is 11.0 Å². The van der Waals surface area contributed by atoms with Gasteiger partial charge in [0, 0.05) is 16.3 Å². The highest BCUT2D eigenvalue weighted by Crippen LogP contribution is 2.40. The lowest BCUT2D eigenvalue weighted by Gasteiger charge is -2.49. The summed E-state index contributed by atoms with van der Waals surface area (Å²) >= 11 is 1.62. The fourth-order valence-electron chi connectivity index (χ4n) is 2.69. The van der Waals surface area contributed by atoms with Gasteiger partial charge in [0.25, 0.3) is 5.91 Å². The van der Waals surface area contributed by atoms with Crippen LogP contribution in [0.3, 0.4) is 0 Å². The Morgan fingerprint density at radius 1 is 1.50 bits per heavy atom. The average molecular weight is 295 g/mol. The highest BCUT2D eigenvalue weighted by atomic mass is 32.1. The number of hydrogen-bond acceptors (Lipinski definition) is 3. The molecule has 0 saturated heterocycles. The molecule has 1 aromatic heterocycles. The van der Waals surface area contributed by atoms with E-state index in [1.54, 1.807) is 11.3 Å². The molecular weight excluding hydrogens is 270 g/mol. The number of rotatable bonds is 5. The number of amides is 1. The van der Waals surface area contributed by atoms with Crippen molar-refractivity contribution in [2.75, 3.05) is 0 Å². The van der Waals surface area contributed by atoms with E-state index in [-0.39, 0.29) is 23.5 Å². The number of aliphatic hydroxyl groups is 1. The maximum Gasteiger partial charge on any atom is 0.261 e. The highest BCUT2D eigenvalue weighted by Gasteiger charge is 2.48. The number of aryl methyl sites for hydroxylation is 2. The van der Waals surface area contributed by atoms with E-state index in [9.17, 15) is 9.90 Å². The van der Waals surface area contributed by atoms with Crippen molar-refractivity contribution in [1.29, 1.82) is 0 Å². The summed E-state index contributed by atoms with van der Waals surface area (Å²) in [5.74, 6) is 0.0111. The minimum atomic E-state index is -0.307. The molecule has 20 heavy (non-hydrogen) atoms. The van der Waals surface area contributed by atoms with Gasteiger partial charge in [-0.25, -0.2) is 0 Å². The summed E-state index contributed by atoms with van der Waals surface area (Å²) in [5.41, 5.74) is 1.09. The fraction of sp³-hybridized carbons (Fsp3) is 0.688. The summed E-state index contributed by atoms with van der Waals surface area (Å²) in [4.78, 5) is 14.5. The minimum Gasteiger partial charge on any atom is -0.392 e. The molecule has 0 aliphatic heterocycles. The van der Waals surface area contributed by atoms with Crippen molar-refractivity contribution in [2.45, 2.75) is 65.5 Å². The molecule has 1 aromatic rings. The van der Waals surface area contributed by atoms with E-state index in [1.807, 2.05) is 19.9 Å². The van der Waals surface area contributed by atoms with Crippen molar-refractivity contribution >= 4 is 17.2 Å². The van der Waals surface area contributed by atoms with Crippen molar-refractivity contribution in [3.8, 4) is 0 Å². The van der Waals surface area contributed by atoms with Crippen LogP contribution in [-0.4, -0.2) is 23.2 Å². The molecule has 0 spiro atoms. The summed E-state index contributed by atoms with van der Waals surface area (Å²) < 4.78 is 0. The zero-order valence-electron chi connectivity index (χ0n) is 12.8. The lowest BCUT2D eigenvalue weighted by molar-refractivity contribution is -0.0689. The molecule has 2 N–H and O–H groups in total. The number of aliphatic hydroxyl groups excluding tert-OH is 1. The Hall–Kier alpha value is -0.870. The fourth-order valence-corrected chi connectivity index (χ4v) is 3.95. The van der Waals surface area contributed by atoms with Crippen molar-refractivity contribution in [3.63, 3.8) is 0 Å². The van der Waals surface area contributed by atoms with E-state index in [2.05, 4.69) is 19.2 Å². The molecule has 1 fully saturated rings. The van der Waals surface area contributed by atoms with Crippen LogP contribution >= 0.6 is 11.3 Å². The maximum absolute atomic E-state index is 12.3. The zero-order valence-corrected chi connectivity index (χ0v) is 13.6. The lowest BCUT2D eigenvalue weighted by atomic mass is 9.64. The molecule has 1 amide bonds. The molecule has 1 saturated carbocycles. The van der Waals surface area contributed by atoms with Crippen molar-refractivity contribution < 1.29 is 9.90 Å². The normalized spacial score (nSPS) is 24.2. The molecule has 2 unspecified atom stereocenters. The number of carbonyl (C=O) groups is 1. The molecule has 1 aliphatic carbocycles. The van der Waals surface area contributed by atoms with Gasteiger partial charge in [-0.2, -0.15) is 0 Å². The zero-order chi connectivity index (χ0) is 14.9. The SMILES string of the molecule is CCCc1sc(C(=O)NC2CC(O)C2(C)C)cc1CC. The van der Waals surface area contributed by atoms with Gasteiger partial charge in [0.2, 0.25) is 0 Å². The van der Waals surface area contributed by atoms with Gasteiger partial charge in [0.1, 0.15) is 0 Å². The number of thiophene rings is 1. The van der Waals surface area contributed by atoms with Crippen LogP contribution in [0.2, 0.25) is 0 Å². The maximum atomic E-state index is 12.3. The standard InChI is InChI=1S/C16H25NO2S/c1-5-7-11-10(6-2)8-12(20-11)15(19)17-13-9-14(18)16(13,3)4/h8,13-14,18H,5-7,9H2,1-4H3,(H,17,19). The van der Waals surface area contributed by atoms with Crippen molar-refractivity contribution in [2.24, 2.45) is 5.41 Å². The van der Waals surface area contributed by atoms with Gasteiger partial charge in [-0.15, -0.1) is 11.3 Å². The van der Waals surface area contributed by atoms with Gasteiger partial charge < -0.3 is 10.4 Å². The second kappa shape index (κ2) is 5.86. The largest absolute Gasteiger partial charge is 0.392 e. The van der Waals surface area contributed by atoms with Crippen LogP contribution in [0.5, 0.6) is 0 Å². The third kappa shape index (κ3) is 2.77. The molecule has 112 valence electrons. The summed E-state index contributed by atoms with van der Waals surface area (Å²) in [6.45, 7) is 8.30. The van der Waals surface area contributed by atoms with Crippen LogP contribution in [0.4, 0.5) is 0 Å². The lowest BCUT2D eigenvalue weighted by Crippen LogP contribution is -2.61. The first kappa shape index (κ1) is 15.5. The minimum absolute atomic E-state index is 0.0111. The topological polar surface area (TPSA) is 49.3 Å². The highest BCUT2D eigenvalue weighted by molar-refractivity contribution is 7.14. The molecule has 4 heteroatoms. The number of hydrogen-bond donors (Lipinski definition) is 2. The van der Waals surface area contributed by atoms with E-state index >= 15 is 0 Å². The average Bonchev–Trinajstić information content (AvgIpc) is 2.82. The van der Waals surface area contributed by atoms with E-state index in [0.717, 1.165) is 24.1 Å². The molecular formula is C16H25NO2S. The Morgan fingerprint density at radius 2 is 2.20 bits per heavy atom. The molecule has 0 bridgehead atoms. The summed E-state index contributed by atoms with van der Waals surface area (Å²) in [6, 6.07) is 2.11. The summed E-state index contributed by atoms with van der Waals surface area (Å²) in [7, 11) is 0. The molecule has 0 aromatic carbocycles. The molecule has 2 rings (SSSR count). The molecule has 0 radical (unpaired) electrons. The quantitative estimate of drug-likeness (QED) is 0.876. The first-order valence-corrected chi connectivity index (χ1v) is 8.32. The predicted molar refractivity (Wildman–Crippen MR) is 83.4 cm³/mol. The Bertz CT molecular complexity index is 493. The van der Waals surface area contributed by atoms with Crippen LogP contribution in [0.15, 0.2) is 6.07 Å². The Balaban J connectivity index is 2.06. The van der Waals surface area contributed by atoms with E-state index in [1.165, 1.54) is 10.4 Å². The second-order valence-corrected chi connectivity index (χ2v) is 7.40. The predicted octanol–water partition coefficient (Wildman–Crippen LogP) is 3.15. The van der Waals surface area contributed by atoms with Gasteiger partial charge in [-0.3, -0.25) is 4.79 Å². The molecule has 1 heterocycles. The molecule has 3 nitrogen and oxygen atoms in total. The summed E-state index contributed by atoms with van der Waals surface area (Å²) in [5, 5.41) is 12.8. The van der Waals surface area contributed by atoms with Gasteiger partial charge >= 0.3 is 0 Å². The Morgan fingerprint density at radius 3 is 2.70 bits per heavy atom. The van der Waals surface area contributed by atoms with Crippen molar-refractivity contribution in [3.05, 3.63) is 21.4 Å². The van der Waals surface area contributed by atoms with Crippen LogP contribution in [0.1, 0.15) is 60.6 Å². The number of carbonyl (C=O) groups excluding carboxylic acids is 1. The van der Waals surface area contributed by atoms with Crippen LogP contribution in [0.25, 0.3) is 0 Å². The smallest absolute Gasteiger partial charge is 0.261 e. The second-order valence-electron chi connectivity index (χ2n) is 6.26. The summed E-state index contributed by atoms with van der Waals surface area (Å²) in [6.07, 6.45) is 3.49. The Labute approximate surface area is 125 Å². The van der Waals surface area contributed by atoms with Gasteiger partial charge in [-0.05, 0) is 30.9 Å². The van der Waals surface area contributed by atoms with Crippen LogP contribution < -0.4 is 5.32 Å². The van der Waals surface area contributed by atoms with Gasteiger partial charge in [0.15, 0.2) is 0 Å². The third-order valence-electron chi connectivity index (χ3n) is 4.50. The first-order valence-electron chi connectivity index (χ1n) is 7.50. The molecule has 1 aliphatic rings. The molecule has 2 atom stereocenters. The van der Waals surface area contributed by atoms with Gasteiger partial charge in [-0.1, -0.05) is 34.1 Å². The monoisotopic (exact) mass is 295 g/mol. The van der Waals surface area contributed by atoms with Crippen molar-refractivity contribution in [1.82, 2.24) is 5.32 Å². The third-order valence-corrected chi connectivity index (χ3v) is 5.74. The Kier molecular flexibility index (Phi) is 4.55. The first-order chi connectivity index (χ1) is 9.40.